The zero-order valence-electron chi connectivity index (χ0n) is 10.9. The Morgan fingerprint density at radius 3 is 2.89 bits per heavy atom. The fraction of sp³-hybridized carbons (Fsp3) is 0.400. The van der Waals surface area contributed by atoms with E-state index in [2.05, 4.69) is 10.6 Å². The third-order valence-electron chi connectivity index (χ3n) is 3.25. The molecular formula is C15H19ClN2O. The molecule has 0 unspecified atom stereocenters. The van der Waals surface area contributed by atoms with Gasteiger partial charge in [-0.3, -0.25) is 4.79 Å². The number of rotatable bonds is 5. The first-order valence-electron chi connectivity index (χ1n) is 6.69. The number of nitrogens with one attached hydrogen (secondary N) is 2. The summed E-state index contributed by atoms with van der Waals surface area (Å²) in [5.41, 5.74) is 0.969. The first-order chi connectivity index (χ1) is 9.24. The normalized spacial score (nSPS) is 18.9. The molecule has 1 aliphatic rings. The third-order valence-corrected chi connectivity index (χ3v) is 3.50. The Labute approximate surface area is 119 Å². The van der Waals surface area contributed by atoms with Crippen molar-refractivity contribution in [3.63, 3.8) is 0 Å². The lowest BCUT2D eigenvalue weighted by Gasteiger charge is -2.09. The van der Waals surface area contributed by atoms with E-state index in [1.807, 2.05) is 24.3 Å². The molecule has 19 heavy (non-hydrogen) atoms. The van der Waals surface area contributed by atoms with Crippen molar-refractivity contribution in [3.05, 3.63) is 40.9 Å². The molecule has 1 aliphatic heterocycles. The Morgan fingerprint density at radius 2 is 2.21 bits per heavy atom. The first kappa shape index (κ1) is 14.1. The van der Waals surface area contributed by atoms with Crippen LogP contribution in [0.3, 0.4) is 0 Å². The van der Waals surface area contributed by atoms with Gasteiger partial charge < -0.3 is 10.6 Å². The number of amides is 1. The number of hydrogen-bond donors (Lipinski definition) is 2. The fourth-order valence-electron chi connectivity index (χ4n) is 2.18. The van der Waals surface area contributed by atoms with Crippen LogP contribution in [0.4, 0.5) is 0 Å². The molecule has 1 aromatic carbocycles. The molecule has 1 saturated heterocycles. The van der Waals surface area contributed by atoms with Gasteiger partial charge >= 0.3 is 0 Å². The molecule has 0 bridgehead atoms. The molecule has 0 spiro atoms. The van der Waals surface area contributed by atoms with E-state index in [0.29, 0.717) is 11.1 Å². The van der Waals surface area contributed by atoms with Crippen molar-refractivity contribution >= 4 is 23.6 Å². The molecule has 4 heteroatoms. The van der Waals surface area contributed by atoms with Gasteiger partial charge in [0.1, 0.15) is 0 Å². The largest absolute Gasteiger partial charge is 0.352 e. The third kappa shape index (κ3) is 5.05. The van der Waals surface area contributed by atoms with Crippen molar-refractivity contribution in [1.29, 1.82) is 0 Å². The number of carbonyl (C=O) groups is 1. The zero-order valence-corrected chi connectivity index (χ0v) is 11.6. The summed E-state index contributed by atoms with van der Waals surface area (Å²) in [6, 6.07) is 7.96. The second-order valence-corrected chi connectivity index (χ2v) is 5.19. The van der Waals surface area contributed by atoms with Crippen LogP contribution < -0.4 is 10.6 Å². The molecule has 1 amide bonds. The molecule has 2 rings (SSSR count). The molecular weight excluding hydrogens is 260 g/mol. The molecule has 1 fully saturated rings. The average Bonchev–Trinajstić information content (AvgIpc) is 2.91. The second kappa shape index (κ2) is 7.31. The predicted octanol–water partition coefficient (Wildman–Crippen LogP) is 2.61. The van der Waals surface area contributed by atoms with Crippen molar-refractivity contribution in [2.75, 3.05) is 13.1 Å². The van der Waals surface area contributed by atoms with Crippen molar-refractivity contribution in [2.24, 2.45) is 0 Å². The van der Waals surface area contributed by atoms with Gasteiger partial charge in [-0.1, -0.05) is 23.7 Å². The van der Waals surface area contributed by atoms with Crippen LogP contribution in [-0.4, -0.2) is 25.0 Å². The highest BCUT2D eigenvalue weighted by molar-refractivity contribution is 6.30. The lowest BCUT2D eigenvalue weighted by atomic mass is 10.1. The zero-order chi connectivity index (χ0) is 13.5. The molecule has 1 atom stereocenters. The maximum Gasteiger partial charge on any atom is 0.243 e. The lowest BCUT2D eigenvalue weighted by Crippen LogP contribution is -2.29. The smallest absolute Gasteiger partial charge is 0.243 e. The van der Waals surface area contributed by atoms with Crippen LogP contribution in [0, 0.1) is 0 Å². The minimum atomic E-state index is -0.0482. The predicted molar refractivity (Wildman–Crippen MR) is 79.1 cm³/mol. The van der Waals surface area contributed by atoms with E-state index in [9.17, 15) is 4.79 Å². The van der Waals surface area contributed by atoms with Crippen LogP contribution in [0.2, 0.25) is 5.02 Å². The highest BCUT2D eigenvalue weighted by Crippen LogP contribution is 2.10. The highest BCUT2D eigenvalue weighted by atomic mass is 35.5. The topological polar surface area (TPSA) is 41.1 Å². The van der Waals surface area contributed by atoms with E-state index in [1.54, 1.807) is 12.2 Å². The Hall–Kier alpha value is -1.32. The van der Waals surface area contributed by atoms with Gasteiger partial charge in [-0.25, -0.2) is 0 Å². The molecule has 1 aromatic rings. The van der Waals surface area contributed by atoms with E-state index < -0.39 is 0 Å². The molecule has 2 N–H and O–H groups in total. The molecule has 3 nitrogen and oxygen atoms in total. The summed E-state index contributed by atoms with van der Waals surface area (Å²) in [7, 11) is 0. The van der Waals surface area contributed by atoms with Gasteiger partial charge in [0.15, 0.2) is 0 Å². The monoisotopic (exact) mass is 278 g/mol. The quantitative estimate of drug-likeness (QED) is 0.813. The number of carbonyl (C=O) groups excluding carboxylic acids is 1. The van der Waals surface area contributed by atoms with Gasteiger partial charge in [-0.2, -0.15) is 0 Å². The molecule has 102 valence electrons. The number of halogens is 1. The fourth-order valence-corrected chi connectivity index (χ4v) is 2.30. The molecule has 0 radical (unpaired) electrons. The number of hydrogen-bond acceptors (Lipinski definition) is 2. The standard InChI is InChI=1S/C15H19ClN2O/c16-13-6-3-12(4-7-13)5-8-15(19)18-11-9-14-2-1-10-17-14/h3-8,14,17H,1-2,9-11H2,(H,18,19)/b8-5+/t14-/m0/s1. The van der Waals surface area contributed by atoms with Crippen LogP contribution in [0.5, 0.6) is 0 Å². The van der Waals surface area contributed by atoms with Crippen molar-refractivity contribution in [3.8, 4) is 0 Å². The number of benzene rings is 1. The van der Waals surface area contributed by atoms with E-state index in [1.165, 1.54) is 12.8 Å². The van der Waals surface area contributed by atoms with Crippen LogP contribution in [0.25, 0.3) is 6.08 Å². The van der Waals surface area contributed by atoms with Crippen molar-refractivity contribution < 1.29 is 4.79 Å². The summed E-state index contributed by atoms with van der Waals surface area (Å²) in [6.45, 7) is 1.83. The molecule has 0 aliphatic carbocycles. The Kier molecular flexibility index (Phi) is 5.43. The van der Waals surface area contributed by atoms with E-state index in [-0.39, 0.29) is 5.91 Å². The molecule has 0 aromatic heterocycles. The van der Waals surface area contributed by atoms with Crippen LogP contribution in [-0.2, 0) is 4.79 Å². The molecule has 1 heterocycles. The Morgan fingerprint density at radius 1 is 1.42 bits per heavy atom. The summed E-state index contributed by atoms with van der Waals surface area (Å²) in [6.07, 6.45) is 6.82. The molecule has 0 saturated carbocycles. The van der Waals surface area contributed by atoms with Crippen LogP contribution in [0.1, 0.15) is 24.8 Å². The minimum Gasteiger partial charge on any atom is -0.352 e. The Balaban J connectivity index is 1.69. The summed E-state index contributed by atoms with van der Waals surface area (Å²) in [5.74, 6) is -0.0482. The highest BCUT2D eigenvalue weighted by Gasteiger charge is 2.12. The van der Waals surface area contributed by atoms with Gasteiger partial charge in [-0.15, -0.1) is 0 Å². The maximum absolute atomic E-state index is 11.6. The van der Waals surface area contributed by atoms with Gasteiger partial charge in [-0.05, 0) is 49.6 Å². The van der Waals surface area contributed by atoms with Crippen molar-refractivity contribution in [1.82, 2.24) is 10.6 Å². The summed E-state index contributed by atoms with van der Waals surface area (Å²) in [4.78, 5) is 11.6. The van der Waals surface area contributed by atoms with Crippen molar-refractivity contribution in [2.45, 2.75) is 25.3 Å². The van der Waals surface area contributed by atoms with Gasteiger partial charge in [0.05, 0.1) is 0 Å². The first-order valence-corrected chi connectivity index (χ1v) is 7.07. The van der Waals surface area contributed by atoms with E-state index in [0.717, 1.165) is 25.1 Å². The summed E-state index contributed by atoms with van der Waals surface area (Å²) >= 11 is 5.80. The summed E-state index contributed by atoms with van der Waals surface area (Å²) in [5, 5.41) is 7.01. The van der Waals surface area contributed by atoms with E-state index >= 15 is 0 Å². The minimum absolute atomic E-state index is 0.0482. The second-order valence-electron chi connectivity index (χ2n) is 4.76. The lowest BCUT2D eigenvalue weighted by molar-refractivity contribution is -0.116. The van der Waals surface area contributed by atoms with Gasteiger partial charge in [0, 0.05) is 23.7 Å². The van der Waals surface area contributed by atoms with Crippen LogP contribution >= 0.6 is 11.6 Å². The average molecular weight is 279 g/mol. The van der Waals surface area contributed by atoms with Crippen LogP contribution in [0.15, 0.2) is 30.3 Å². The summed E-state index contributed by atoms with van der Waals surface area (Å²) < 4.78 is 0. The van der Waals surface area contributed by atoms with Gasteiger partial charge in [0.25, 0.3) is 0 Å². The maximum atomic E-state index is 11.6. The van der Waals surface area contributed by atoms with Gasteiger partial charge in [0.2, 0.25) is 5.91 Å². The SMILES string of the molecule is O=C(/C=C/c1ccc(Cl)cc1)NCC[C@@H]1CCCN1. The Bertz CT molecular complexity index is 436. The van der Waals surface area contributed by atoms with E-state index in [4.69, 9.17) is 11.6 Å².